The van der Waals surface area contributed by atoms with Crippen molar-refractivity contribution >= 4 is 5.91 Å². The van der Waals surface area contributed by atoms with Crippen molar-refractivity contribution in [1.82, 2.24) is 34.4 Å². The summed E-state index contributed by atoms with van der Waals surface area (Å²) in [5.74, 6) is 3.24. The lowest BCUT2D eigenvalue weighted by Gasteiger charge is -2.32. The van der Waals surface area contributed by atoms with E-state index in [1.807, 2.05) is 7.05 Å². The van der Waals surface area contributed by atoms with Gasteiger partial charge in [0.1, 0.15) is 25.0 Å². The third kappa shape index (κ3) is 3.64. The highest BCUT2D eigenvalue weighted by Gasteiger charge is 2.29. The monoisotopic (exact) mass is 357 g/mol. The highest BCUT2D eigenvalue weighted by Crippen LogP contribution is 2.30. The second-order valence-electron chi connectivity index (χ2n) is 7.64. The summed E-state index contributed by atoms with van der Waals surface area (Å²) in [6, 6.07) is 0. The summed E-state index contributed by atoms with van der Waals surface area (Å²) in [4.78, 5) is 18.5. The minimum Gasteiger partial charge on any atom is -0.343 e. The van der Waals surface area contributed by atoms with E-state index in [0.29, 0.717) is 24.3 Å². The van der Waals surface area contributed by atoms with Gasteiger partial charge in [-0.05, 0) is 31.6 Å². The fourth-order valence-electron chi connectivity index (χ4n) is 4.31. The number of likely N-dealkylation sites (tertiary alicyclic amines) is 1. The fourth-order valence-corrected chi connectivity index (χ4v) is 4.31. The first-order valence-corrected chi connectivity index (χ1v) is 9.69. The van der Waals surface area contributed by atoms with Crippen LogP contribution in [0.25, 0.3) is 0 Å². The van der Waals surface area contributed by atoms with Crippen molar-refractivity contribution in [3.05, 3.63) is 24.3 Å². The molecule has 8 heteroatoms. The topological polar surface area (TPSA) is 81.7 Å². The number of hydrogen-bond donors (Lipinski definition) is 0. The molecule has 0 aromatic carbocycles. The van der Waals surface area contributed by atoms with E-state index in [1.165, 1.54) is 32.0 Å². The maximum Gasteiger partial charge on any atom is 0.222 e. The third-order valence-corrected chi connectivity index (χ3v) is 5.92. The summed E-state index contributed by atoms with van der Waals surface area (Å²) >= 11 is 0. The summed E-state index contributed by atoms with van der Waals surface area (Å²) < 4.78 is 3.82. The summed E-state index contributed by atoms with van der Waals surface area (Å²) in [6.45, 7) is 2.24. The van der Waals surface area contributed by atoms with Gasteiger partial charge in [-0.15, -0.1) is 10.2 Å². The molecule has 0 unspecified atom stereocenters. The van der Waals surface area contributed by atoms with E-state index in [-0.39, 0.29) is 0 Å². The molecule has 0 atom stereocenters. The van der Waals surface area contributed by atoms with Gasteiger partial charge >= 0.3 is 0 Å². The van der Waals surface area contributed by atoms with Gasteiger partial charge in [-0.2, -0.15) is 5.10 Å². The molecule has 2 aromatic heterocycles. The number of rotatable bonds is 5. The zero-order valence-electron chi connectivity index (χ0n) is 15.4. The average molecular weight is 357 g/mol. The highest BCUT2D eigenvalue weighted by molar-refractivity contribution is 5.76. The lowest BCUT2D eigenvalue weighted by Crippen LogP contribution is -2.39. The van der Waals surface area contributed by atoms with E-state index >= 15 is 0 Å². The Morgan fingerprint density at radius 3 is 2.62 bits per heavy atom. The standard InChI is InChI=1S/C18H27N7O/c1-23-16(11-25-13-19-12-20-25)21-22-18(23)15-6-8-24(9-7-15)17(26)10-14-4-2-3-5-14/h12-15H,2-11H2,1H3. The zero-order valence-corrected chi connectivity index (χ0v) is 15.4. The quantitative estimate of drug-likeness (QED) is 0.814. The molecule has 2 aliphatic rings. The van der Waals surface area contributed by atoms with Crippen molar-refractivity contribution in [1.29, 1.82) is 0 Å². The summed E-state index contributed by atoms with van der Waals surface area (Å²) in [5.41, 5.74) is 0. The van der Waals surface area contributed by atoms with E-state index in [9.17, 15) is 4.79 Å². The summed E-state index contributed by atoms with van der Waals surface area (Å²) in [5, 5.41) is 12.9. The molecule has 1 saturated heterocycles. The van der Waals surface area contributed by atoms with Gasteiger partial charge < -0.3 is 9.47 Å². The second-order valence-corrected chi connectivity index (χ2v) is 7.64. The SMILES string of the molecule is Cn1c(Cn2cncn2)nnc1C1CCN(C(=O)CC2CCCC2)CC1. The number of hydrogen-bond acceptors (Lipinski definition) is 5. The molecule has 4 rings (SSSR count). The molecule has 1 aliphatic carbocycles. The minimum atomic E-state index is 0.347. The van der Waals surface area contributed by atoms with Gasteiger partial charge in [0.05, 0.1) is 0 Å². The van der Waals surface area contributed by atoms with Crippen molar-refractivity contribution in [3.8, 4) is 0 Å². The van der Waals surface area contributed by atoms with Crippen molar-refractivity contribution in [2.45, 2.75) is 57.4 Å². The molecule has 140 valence electrons. The molecule has 0 spiro atoms. The van der Waals surface area contributed by atoms with Gasteiger partial charge in [0.2, 0.25) is 5.91 Å². The molecule has 0 N–H and O–H groups in total. The molecule has 3 heterocycles. The van der Waals surface area contributed by atoms with E-state index in [4.69, 9.17) is 0 Å². The molecule has 1 amide bonds. The van der Waals surface area contributed by atoms with E-state index in [2.05, 4.69) is 29.7 Å². The predicted molar refractivity (Wildman–Crippen MR) is 95.3 cm³/mol. The molecule has 0 radical (unpaired) electrons. The Labute approximate surface area is 153 Å². The Morgan fingerprint density at radius 2 is 1.92 bits per heavy atom. The van der Waals surface area contributed by atoms with Crippen LogP contribution in [0.5, 0.6) is 0 Å². The number of nitrogens with zero attached hydrogens (tertiary/aromatic N) is 7. The molecule has 1 aliphatic heterocycles. The van der Waals surface area contributed by atoms with E-state index in [1.54, 1.807) is 11.0 Å². The molecular formula is C18H27N7O. The van der Waals surface area contributed by atoms with Crippen LogP contribution in [0.15, 0.2) is 12.7 Å². The van der Waals surface area contributed by atoms with Crippen LogP contribution in [0.4, 0.5) is 0 Å². The molecule has 8 nitrogen and oxygen atoms in total. The van der Waals surface area contributed by atoms with Crippen LogP contribution in [0.2, 0.25) is 0 Å². The first-order valence-electron chi connectivity index (χ1n) is 9.69. The van der Waals surface area contributed by atoms with Gasteiger partial charge in [-0.1, -0.05) is 12.8 Å². The Balaban J connectivity index is 1.33. The predicted octanol–water partition coefficient (Wildman–Crippen LogP) is 1.74. The lowest BCUT2D eigenvalue weighted by molar-refractivity contribution is -0.133. The number of amides is 1. The van der Waals surface area contributed by atoms with Gasteiger partial charge in [-0.3, -0.25) is 4.79 Å². The maximum absolute atomic E-state index is 12.5. The van der Waals surface area contributed by atoms with Crippen molar-refractivity contribution in [2.24, 2.45) is 13.0 Å². The second kappa shape index (κ2) is 7.55. The van der Waals surface area contributed by atoms with Crippen LogP contribution in [-0.4, -0.2) is 53.4 Å². The fraction of sp³-hybridized carbons (Fsp3) is 0.722. The van der Waals surface area contributed by atoms with Crippen molar-refractivity contribution < 1.29 is 4.79 Å². The van der Waals surface area contributed by atoms with Gasteiger partial charge in [0.15, 0.2) is 5.82 Å². The summed E-state index contributed by atoms with van der Waals surface area (Å²) in [7, 11) is 2.01. The first-order chi connectivity index (χ1) is 12.7. The van der Waals surface area contributed by atoms with Crippen LogP contribution in [-0.2, 0) is 18.4 Å². The largest absolute Gasteiger partial charge is 0.343 e. The minimum absolute atomic E-state index is 0.347. The van der Waals surface area contributed by atoms with Crippen LogP contribution in [0, 0.1) is 5.92 Å². The number of carbonyl (C=O) groups is 1. The van der Waals surface area contributed by atoms with Crippen LogP contribution in [0.1, 0.15) is 62.5 Å². The molecule has 26 heavy (non-hydrogen) atoms. The Bertz CT molecular complexity index is 725. The first kappa shape index (κ1) is 17.2. The van der Waals surface area contributed by atoms with Gasteiger partial charge in [0.25, 0.3) is 0 Å². The Kier molecular flexibility index (Phi) is 4.99. The van der Waals surface area contributed by atoms with Crippen molar-refractivity contribution in [2.75, 3.05) is 13.1 Å². The number of piperidine rings is 1. The lowest BCUT2D eigenvalue weighted by atomic mass is 9.95. The third-order valence-electron chi connectivity index (χ3n) is 5.92. The molecule has 0 bridgehead atoms. The smallest absolute Gasteiger partial charge is 0.222 e. The van der Waals surface area contributed by atoms with Crippen LogP contribution < -0.4 is 0 Å². The number of carbonyl (C=O) groups excluding carboxylic acids is 1. The van der Waals surface area contributed by atoms with E-state index in [0.717, 1.165) is 44.0 Å². The summed E-state index contributed by atoms with van der Waals surface area (Å²) in [6.07, 6.45) is 10.9. The maximum atomic E-state index is 12.5. The van der Waals surface area contributed by atoms with E-state index < -0.39 is 0 Å². The highest BCUT2D eigenvalue weighted by atomic mass is 16.2. The van der Waals surface area contributed by atoms with Crippen molar-refractivity contribution in [3.63, 3.8) is 0 Å². The molecule has 2 fully saturated rings. The van der Waals surface area contributed by atoms with Gasteiger partial charge in [0, 0.05) is 32.5 Å². The average Bonchev–Trinajstić information content (AvgIpc) is 3.40. The Morgan fingerprint density at radius 1 is 1.15 bits per heavy atom. The van der Waals surface area contributed by atoms with Crippen LogP contribution >= 0.6 is 0 Å². The zero-order chi connectivity index (χ0) is 17.9. The molecular weight excluding hydrogens is 330 g/mol. The molecule has 2 aromatic rings. The Hall–Kier alpha value is -2.25. The van der Waals surface area contributed by atoms with Gasteiger partial charge in [-0.25, -0.2) is 9.67 Å². The van der Waals surface area contributed by atoms with Crippen LogP contribution in [0.3, 0.4) is 0 Å². The normalized spacial score (nSPS) is 19.3. The number of aromatic nitrogens is 6. The molecule has 1 saturated carbocycles.